The van der Waals surface area contributed by atoms with Crippen molar-refractivity contribution in [1.29, 1.82) is 0 Å². The zero-order chi connectivity index (χ0) is 17.7. The number of amides is 1. The molecule has 0 heterocycles. The van der Waals surface area contributed by atoms with E-state index in [1.165, 1.54) is 12.0 Å². The van der Waals surface area contributed by atoms with Crippen molar-refractivity contribution in [2.75, 3.05) is 12.4 Å². The van der Waals surface area contributed by atoms with Gasteiger partial charge in [0.25, 0.3) is 0 Å². The van der Waals surface area contributed by atoms with Gasteiger partial charge in [-0.3, -0.25) is 4.79 Å². The third-order valence-corrected chi connectivity index (χ3v) is 4.73. The van der Waals surface area contributed by atoms with Crippen LogP contribution in [0.5, 0.6) is 5.75 Å². The molecule has 4 nitrogen and oxygen atoms in total. The van der Waals surface area contributed by atoms with E-state index in [-0.39, 0.29) is 17.2 Å². The highest BCUT2D eigenvalue weighted by atomic mass is 32.1. The molecule has 0 radical (unpaired) electrons. The number of anilines is 1. The number of thiocarbonyl (C=S) groups is 1. The molecule has 0 saturated heterocycles. The van der Waals surface area contributed by atoms with E-state index < -0.39 is 0 Å². The Bertz CT molecular complexity index is 602. The highest BCUT2D eigenvalue weighted by Gasteiger charge is 2.22. The van der Waals surface area contributed by atoms with Crippen LogP contribution in [0.1, 0.15) is 58.4 Å². The van der Waals surface area contributed by atoms with Gasteiger partial charge in [0.2, 0.25) is 5.91 Å². The maximum atomic E-state index is 12.3. The Morgan fingerprint density at radius 2 is 1.88 bits per heavy atom. The van der Waals surface area contributed by atoms with Crippen LogP contribution in [-0.4, -0.2) is 18.1 Å². The standard InChI is InChI=1S/C19H28N2O2S/c1-19(2,3)14-10-11-16(23-4)15(12-14)20-18(24)21-17(22)13-8-6-5-7-9-13/h10-13H,5-9H2,1-4H3,(H2,20,21,22,24). The minimum Gasteiger partial charge on any atom is -0.495 e. The first-order valence-electron chi connectivity index (χ1n) is 8.61. The summed E-state index contributed by atoms with van der Waals surface area (Å²) < 4.78 is 5.40. The summed E-state index contributed by atoms with van der Waals surface area (Å²) in [5, 5.41) is 6.28. The normalized spacial score (nSPS) is 15.7. The summed E-state index contributed by atoms with van der Waals surface area (Å²) in [6.07, 6.45) is 5.39. The average molecular weight is 349 g/mol. The van der Waals surface area contributed by atoms with Crippen molar-refractivity contribution in [2.24, 2.45) is 5.92 Å². The van der Waals surface area contributed by atoms with Crippen molar-refractivity contribution in [1.82, 2.24) is 5.32 Å². The maximum Gasteiger partial charge on any atom is 0.229 e. The van der Waals surface area contributed by atoms with Gasteiger partial charge in [0.1, 0.15) is 5.75 Å². The van der Waals surface area contributed by atoms with E-state index in [1.54, 1.807) is 7.11 Å². The second-order valence-corrected chi connectivity index (χ2v) is 7.85. The summed E-state index contributed by atoms with van der Waals surface area (Å²) in [5.41, 5.74) is 1.97. The molecule has 1 amide bonds. The van der Waals surface area contributed by atoms with Gasteiger partial charge in [0, 0.05) is 5.92 Å². The first-order chi connectivity index (χ1) is 11.3. The lowest BCUT2D eigenvalue weighted by molar-refractivity contribution is -0.124. The van der Waals surface area contributed by atoms with Crippen molar-refractivity contribution < 1.29 is 9.53 Å². The fourth-order valence-electron chi connectivity index (χ4n) is 3.00. The molecule has 0 aliphatic heterocycles. The second kappa shape index (κ2) is 7.97. The fraction of sp³-hybridized carbons (Fsp3) is 0.579. The summed E-state index contributed by atoms with van der Waals surface area (Å²) in [7, 11) is 1.63. The molecule has 1 fully saturated rings. The molecule has 0 spiro atoms. The van der Waals surface area contributed by atoms with Gasteiger partial charge >= 0.3 is 0 Å². The molecule has 0 bridgehead atoms. The van der Waals surface area contributed by atoms with Crippen molar-refractivity contribution in [2.45, 2.75) is 58.3 Å². The van der Waals surface area contributed by atoms with E-state index in [2.05, 4.69) is 31.4 Å². The highest BCUT2D eigenvalue weighted by Crippen LogP contribution is 2.31. The van der Waals surface area contributed by atoms with Crippen LogP contribution < -0.4 is 15.4 Å². The van der Waals surface area contributed by atoms with Gasteiger partial charge in [-0.2, -0.15) is 0 Å². The Hall–Kier alpha value is -1.62. The summed E-state index contributed by atoms with van der Waals surface area (Å²) >= 11 is 5.33. The molecule has 0 unspecified atom stereocenters. The Kier molecular flexibility index (Phi) is 6.21. The molecule has 2 rings (SSSR count). The van der Waals surface area contributed by atoms with E-state index in [4.69, 9.17) is 17.0 Å². The van der Waals surface area contributed by atoms with Gasteiger partial charge in [0.15, 0.2) is 5.11 Å². The molecular formula is C19H28N2O2S. The third-order valence-electron chi connectivity index (χ3n) is 4.53. The van der Waals surface area contributed by atoms with Crippen LogP contribution in [0.2, 0.25) is 0 Å². The average Bonchev–Trinajstić information content (AvgIpc) is 2.54. The zero-order valence-corrected chi connectivity index (χ0v) is 15.9. The number of carbonyl (C=O) groups excluding carboxylic acids is 1. The van der Waals surface area contributed by atoms with Gasteiger partial charge < -0.3 is 15.4 Å². The van der Waals surface area contributed by atoms with E-state index in [9.17, 15) is 4.79 Å². The molecule has 1 aromatic carbocycles. The Labute approximate surface area is 150 Å². The number of hydrogen-bond acceptors (Lipinski definition) is 3. The van der Waals surface area contributed by atoms with Crippen molar-refractivity contribution in [3.63, 3.8) is 0 Å². The SMILES string of the molecule is COc1ccc(C(C)(C)C)cc1NC(=S)NC(=O)C1CCCCC1. The summed E-state index contributed by atoms with van der Waals surface area (Å²) in [4.78, 5) is 12.3. The van der Waals surface area contributed by atoms with E-state index in [0.29, 0.717) is 10.9 Å². The Morgan fingerprint density at radius 3 is 2.46 bits per heavy atom. The van der Waals surface area contributed by atoms with Crippen LogP contribution in [-0.2, 0) is 10.2 Å². The summed E-state index contributed by atoms with van der Waals surface area (Å²) in [6.45, 7) is 6.46. The smallest absolute Gasteiger partial charge is 0.229 e. The number of methoxy groups -OCH3 is 1. The minimum atomic E-state index is 0.0235. The van der Waals surface area contributed by atoms with Gasteiger partial charge in [-0.1, -0.05) is 46.1 Å². The van der Waals surface area contributed by atoms with Crippen LogP contribution in [0.3, 0.4) is 0 Å². The molecule has 2 N–H and O–H groups in total. The van der Waals surface area contributed by atoms with Crippen molar-refractivity contribution in [3.05, 3.63) is 23.8 Å². The lowest BCUT2D eigenvalue weighted by atomic mass is 9.87. The third kappa shape index (κ3) is 4.94. The van der Waals surface area contributed by atoms with Gasteiger partial charge in [-0.15, -0.1) is 0 Å². The van der Waals surface area contributed by atoms with E-state index in [1.807, 2.05) is 18.2 Å². The number of ether oxygens (including phenoxy) is 1. The molecule has 0 atom stereocenters. The Morgan fingerprint density at radius 1 is 1.21 bits per heavy atom. The lowest BCUT2D eigenvalue weighted by Gasteiger charge is -2.23. The molecule has 1 aliphatic carbocycles. The number of nitrogens with one attached hydrogen (secondary N) is 2. The van der Waals surface area contributed by atoms with Crippen LogP contribution >= 0.6 is 12.2 Å². The predicted octanol–water partition coefficient (Wildman–Crippen LogP) is 4.39. The summed E-state index contributed by atoms with van der Waals surface area (Å²) in [6, 6.07) is 6.00. The van der Waals surface area contributed by atoms with Gasteiger partial charge in [0.05, 0.1) is 12.8 Å². The molecule has 132 valence electrons. The quantitative estimate of drug-likeness (QED) is 0.796. The zero-order valence-electron chi connectivity index (χ0n) is 15.1. The number of rotatable bonds is 3. The fourth-order valence-corrected chi connectivity index (χ4v) is 3.22. The molecule has 1 aromatic rings. The Balaban J connectivity index is 2.05. The monoisotopic (exact) mass is 348 g/mol. The van der Waals surface area contributed by atoms with Crippen LogP contribution in [0.4, 0.5) is 5.69 Å². The van der Waals surface area contributed by atoms with Gasteiger partial charge in [-0.05, 0) is 48.2 Å². The van der Waals surface area contributed by atoms with Crippen LogP contribution in [0.15, 0.2) is 18.2 Å². The summed E-state index contributed by atoms with van der Waals surface area (Å²) in [5.74, 6) is 0.816. The largest absolute Gasteiger partial charge is 0.495 e. The first-order valence-corrected chi connectivity index (χ1v) is 9.02. The number of benzene rings is 1. The molecule has 0 aromatic heterocycles. The topological polar surface area (TPSA) is 50.4 Å². The number of carbonyl (C=O) groups is 1. The molecular weight excluding hydrogens is 320 g/mol. The molecule has 5 heteroatoms. The van der Waals surface area contributed by atoms with Crippen molar-refractivity contribution in [3.8, 4) is 5.75 Å². The van der Waals surface area contributed by atoms with Crippen molar-refractivity contribution >= 4 is 28.9 Å². The molecule has 1 aliphatic rings. The predicted molar refractivity (Wildman–Crippen MR) is 103 cm³/mol. The molecule has 24 heavy (non-hydrogen) atoms. The second-order valence-electron chi connectivity index (χ2n) is 7.44. The van der Waals surface area contributed by atoms with Crippen LogP contribution in [0, 0.1) is 5.92 Å². The minimum absolute atomic E-state index is 0.0235. The maximum absolute atomic E-state index is 12.3. The van der Waals surface area contributed by atoms with Gasteiger partial charge in [-0.25, -0.2) is 0 Å². The number of hydrogen-bond donors (Lipinski definition) is 2. The highest BCUT2D eigenvalue weighted by molar-refractivity contribution is 7.80. The first kappa shape index (κ1) is 18.7. The van der Waals surface area contributed by atoms with Crippen LogP contribution in [0.25, 0.3) is 0 Å². The lowest BCUT2D eigenvalue weighted by Crippen LogP contribution is -2.39. The molecule has 1 saturated carbocycles. The van der Waals surface area contributed by atoms with E-state index >= 15 is 0 Å². The van der Waals surface area contributed by atoms with E-state index in [0.717, 1.165) is 31.4 Å².